The van der Waals surface area contributed by atoms with Crippen LogP contribution in [0.15, 0.2) is 29.2 Å². The first kappa shape index (κ1) is 21.4. The summed E-state index contributed by atoms with van der Waals surface area (Å²) >= 11 is 5.84. The van der Waals surface area contributed by atoms with E-state index >= 15 is 0 Å². The van der Waals surface area contributed by atoms with E-state index in [2.05, 4.69) is 0 Å². The maximum absolute atomic E-state index is 13.1. The van der Waals surface area contributed by atoms with Crippen molar-refractivity contribution in [1.82, 2.24) is 9.80 Å². The molecule has 0 bridgehead atoms. The molecule has 2 atom stereocenters. The number of carbonyl (C=O) groups excluding carboxylic acids is 1. The summed E-state index contributed by atoms with van der Waals surface area (Å²) in [5.41, 5.74) is 0. The average molecular weight is 451 g/mol. The third-order valence-electron chi connectivity index (χ3n) is 5.12. The van der Waals surface area contributed by atoms with Gasteiger partial charge in [0.25, 0.3) is 0 Å². The average Bonchev–Trinajstić information content (AvgIpc) is 2.99. The Bertz CT molecular complexity index is 925. The summed E-state index contributed by atoms with van der Waals surface area (Å²) in [6.45, 7) is 3.52. The molecule has 2 aliphatic heterocycles. The van der Waals surface area contributed by atoms with Crippen LogP contribution in [0.2, 0.25) is 5.02 Å². The highest BCUT2D eigenvalue weighted by Crippen LogP contribution is 2.30. The van der Waals surface area contributed by atoms with Gasteiger partial charge in [-0.1, -0.05) is 11.6 Å². The molecule has 0 spiro atoms. The highest BCUT2D eigenvalue weighted by molar-refractivity contribution is 7.96. The Kier molecular flexibility index (Phi) is 6.23. The third-order valence-corrected chi connectivity index (χ3v) is 9.51. The van der Waals surface area contributed by atoms with Gasteiger partial charge in [0, 0.05) is 37.2 Å². The quantitative estimate of drug-likeness (QED) is 0.675. The number of hydrogen-bond acceptors (Lipinski definition) is 7. The number of amides is 1. The predicted octanol–water partition coefficient (Wildman–Crippen LogP) is 1.05. The number of nitrogens with zero attached hydrogens (tertiary/aromatic N) is 2. The first-order chi connectivity index (χ1) is 13.1. The van der Waals surface area contributed by atoms with Crippen molar-refractivity contribution in [2.75, 3.05) is 44.3 Å². The Morgan fingerprint density at radius 3 is 2.32 bits per heavy atom. The van der Waals surface area contributed by atoms with E-state index in [9.17, 15) is 21.6 Å². The molecule has 1 aromatic carbocycles. The van der Waals surface area contributed by atoms with E-state index in [0.717, 1.165) is 0 Å². The van der Waals surface area contributed by atoms with Crippen molar-refractivity contribution in [1.29, 1.82) is 0 Å². The summed E-state index contributed by atoms with van der Waals surface area (Å²) in [7, 11) is -7.33. The lowest BCUT2D eigenvalue weighted by Gasteiger charge is -2.38. The lowest BCUT2D eigenvalue weighted by atomic mass is 10.2. The molecule has 0 radical (unpaired) electrons. The number of sulfone groups is 2. The van der Waals surface area contributed by atoms with Gasteiger partial charge in [0.1, 0.15) is 0 Å². The number of rotatable bonds is 4. The molecule has 0 saturated carbocycles. The minimum Gasteiger partial charge on any atom is -0.450 e. The number of hydrogen-bond donors (Lipinski definition) is 0. The Morgan fingerprint density at radius 1 is 1.14 bits per heavy atom. The molecule has 3 rings (SSSR count). The SMILES string of the molecule is CCOC(=O)N1CCN([C@@H]2CS(=O)(=O)C[C@H]2S(=O)(=O)c2ccc(Cl)cc2)CC1. The van der Waals surface area contributed by atoms with E-state index in [1.54, 1.807) is 11.8 Å². The first-order valence-corrected chi connectivity index (χ1v) is 12.7. The van der Waals surface area contributed by atoms with E-state index in [0.29, 0.717) is 31.2 Å². The van der Waals surface area contributed by atoms with Crippen LogP contribution in [0.4, 0.5) is 4.79 Å². The summed E-state index contributed by atoms with van der Waals surface area (Å²) in [5, 5.41) is -0.641. The second kappa shape index (κ2) is 8.17. The molecular formula is C17H23ClN2O6S2. The van der Waals surface area contributed by atoms with E-state index in [1.165, 1.54) is 24.3 Å². The number of piperazine rings is 1. The van der Waals surface area contributed by atoms with Crippen LogP contribution in [-0.2, 0) is 24.4 Å². The van der Waals surface area contributed by atoms with Gasteiger partial charge in [0.15, 0.2) is 19.7 Å². The zero-order valence-electron chi connectivity index (χ0n) is 15.5. The molecular weight excluding hydrogens is 428 g/mol. The fourth-order valence-corrected chi connectivity index (χ4v) is 8.64. The molecule has 0 unspecified atom stereocenters. The molecule has 0 N–H and O–H groups in total. The Labute approximate surface area is 170 Å². The molecule has 28 heavy (non-hydrogen) atoms. The van der Waals surface area contributed by atoms with Gasteiger partial charge in [-0.25, -0.2) is 21.6 Å². The lowest BCUT2D eigenvalue weighted by Crippen LogP contribution is -2.55. The van der Waals surface area contributed by atoms with Crippen molar-refractivity contribution in [3.63, 3.8) is 0 Å². The largest absolute Gasteiger partial charge is 0.450 e. The molecule has 11 heteroatoms. The van der Waals surface area contributed by atoms with Crippen LogP contribution in [0.25, 0.3) is 0 Å². The monoisotopic (exact) mass is 450 g/mol. The molecule has 1 amide bonds. The second-order valence-corrected chi connectivity index (χ2v) is 11.7. The van der Waals surface area contributed by atoms with Crippen LogP contribution in [0, 0.1) is 0 Å². The lowest BCUT2D eigenvalue weighted by molar-refractivity contribution is 0.0700. The second-order valence-electron chi connectivity index (χ2n) is 6.90. The molecule has 0 aliphatic carbocycles. The molecule has 0 aromatic heterocycles. The third kappa shape index (κ3) is 4.45. The summed E-state index contributed by atoms with van der Waals surface area (Å²) in [6.07, 6.45) is -0.411. The molecule has 2 aliphatic rings. The van der Waals surface area contributed by atoms with Crippen LogP contribution < -0.4 is 0 Å². The molecule has 2 fully saturated rings. The molecule has 2 heterocycles. The standard InChI is InChI=1S/C17H23ClN2O6S2/c1-2-26-17(21)20-9-7-19(8-10-20)15-11-27(22,23)12-16(15)28(24,25)14-5-3-13(18)4-6-14/h3-6,15-16H,2,7-12H2,1H3/t15-,16-/m1/s1. The maximum atomic E-state index is 13.1. The van der Waals surface area contributed by atoms with Gasteiger partial charge in [-0.05, 0) is 31.2 Å². The molecule has 156 valence electrons. The molecule has 2 saturated heterocycles. The highest BCUT2D eigenvalue weighted by atomic mass is 35.5. The van der Waals surface area contributed by atoms with Gasteiger partial charge in [-0.2, -0.15) is 0 Å². The zero-order chi connectivity index (χ0) is 20.5. The van der Waals surface area contributed by atoms with Crippen LogP contribution in [-0.4, -0.2) is 88.3 Å². The van der Waals surface area contributed by atoms with E-state index in [-0.39, 0.29) is 17.3 Å². The van der Waals surface area contributed by atoms with Crippen molar-refractivity contribution in [3.8, 4) is 0 Å². The van der Waals surface area contributed by atoms with Crippen LogP contribution in [0.5, 0.6) is 0 Å². The fraction of sp³-hybridized carbons (Fsp3) is 0.588. The van der Waals surface area contributed by atoms with Gasteiger partial charge in [-0.15, -0.1) is 0 Å². The normalized spacial score (nSPS) is 25.6. The highest BCUT2D eigenvalue weighted by Gasteiger charge is 2.48. The van der Waals surface area contributed by atoms with E-state index in [1.807, 2.05) is 4.90 Å². The van der Waals surface area contributed by atoms with Crippen molar-refractivity contribution in [3.05, 3.63) is 29.3 Å². The number of benzene rings is 1. The minimum atomic E-state index is -3.85. The van der Waals surface area contributed by atoms with Crippen LogP contribution in [0.3, 0.4) is 0 Å². The maximum Gasteiger partial charge on any atom is 0.409 e. The van der Waals surface area contributed by atoms with Crippen LogP contribution in [0.1, 0.15) is 6.92 Å². The smallest absolute Gasteiger partial charge is 0.409 e. The van der Waals surface area contributed by atoms with Gasteiger partial charge in [0.05, 0.1) is 28.3 Å². The molecule has 8 nitrogen and oxygen atoms in total. The van der Waals surface area contributed by atoms with Gasteiger partial charge >= 0.3 is 6.09 Å². The van der Waals surface area contributed by atoms with Crippen molar-refractivity contribution >= 4 is 37.4 Å². The summed E-state index contributed by atoms with van der Waals surface area (Å²) in [5.74, 6) is -0.607. The van der Waals surface area contributed by atoms with Crippen LogP contribution >= 0.6 is 11.6 Å². The molecule has 1 aromatic rings. The Morgan fingerprint density at radius 2 is 1.75 bits per heavy atom. The topological polar surface area (TPSA) is 101 Å². The predicted molar refractivity (Wildman–Crippen MR) is 105 cm³/mol. The number of carbonyl (C=O) groups is 1. The van der Waals surface area contributed by atoms with Crippen molar-refractivity contribution < 1.29 is 26.4 Å². The van der Waals surface area contributed by atoms with Gasteiger partial charge in [0.2, 0.25) is 0 Å². The minimum absolute atomic E-state index is 0.0640. The summed E-state index contributed by atoms with van der Waals surface area (Å²) in [6, 6.07) is 5.11. The van der Waals surface area contributed by atoms with E-state index < -0.39 is 42.8 Å². The summed E-state index contributed by atoms with van der Waals surface area (Å²) < 4.78 is 55.8. The van der Waals surface area contributed by atoms with E-state index in [4.69, 9.17) is 16.3 Å². The Balaban J connectivity index is 1.80. The summed E-state index contributed by atoms with van der Waals surface area (Å²) in [4.78, 5) is 15.3. The fourth-order valence-electron chi connectivity index (χ4n) is 3.68. The Hall–Kier alpha value is -1.36. The first-order valence-electron chi connectivity index (χ1n) is 8.99. The number of halogens is 1. The van der Waals surface area contributed by atoms with Gasteiger partial charge in [-0.3, -0.25) is 4.90 Å². The zero-order valence-corrected chi connectivity index (χ0v) is 17.8. The number of ether oxygens (including phenoxy) is 1. The van der Waals surface area contributed by atoms with Gasteiger partial charge < -0.3 is 9.64 Å². The van der Waals surface area contributed by atoms with Crippen molar-refractivity contribution in [2.24, 2.45) is 0 Å². The van der Waals surface area contributed by atoms with Crippen molar-refractivity contribution in [2.45, 2.75) is 23.1 Å².